The standard InChI is InChI=1S/C21H22F4N6O/c1-32-18-9-8-16(31-20(21(23,24)25)28-29-30-31)11-14(18)12-27-17-3-2-10-26-19(17)13-4-6-15(22)7-5-13/h4-9,11,17,19,26-27H,2-3,10,12H2,1H3/t17-,19-/m0/s1. The van der Waals surface area contributed by atoms with Crippen LogP contribution >= 0.6 is 0 Å². The van der Waals surface area contributed by atoms with Gasteiger partial charge in [0.15, 0.2) is 0 Å². The van der Waals surface area contributed by atoms with Gasteiger partial charge in [-0.1, -0.05) is 12.1 Å². The number of hydrogen-bond acceptors (Lipinski definition) is 6. The molecule has 1 fully saturated rings. The lowest BCUT2D eigenvalue weighted by atomic mass is 9.92. The van der Waals surface area contributed by atoms with Gasteiger partial charge in [0, 0.05) is 24.2 Å². The van der Waals surface area contributed by atoms with Gasteiger partial charge in [0.2, 0.25) is 0 Å². The van der Waals surface area contributed by atoms with E-state index in [0.717, 1.165) is 24.9 Å². The number of benzene rings is 2. The molecule has 2 heterocycles. The molecule has 2 N–H and O–H groups in total. The van der Waals surface area contributed by atoms with E-state index >= 15 is 0 Å². The monoisotopic (exact) mass is 450 g/mol. The lowest BCUT2D eigenvalue weighted by molar-refractivity contribution is -0.146. The molecule has 1 aliphatic rings. The fraction of sp³-hybridized carbons (Fsp3) is 0.381. The van der Waals surface area contributed by atoms with E-state index in [0.29, 0.717) is 22.5 Å². The van der Waals surface area contributed by atoms with E-state index < -0.39 is 12.0 Å². The first-order chi connectivity index (χ1) is 15.4. The predicted octanol–water partition coefficient (Wildman–Crippen LogP) is 3.41. The van der Waals surface area contributed by atoms with Crippen LogP contribution in [0.1, 0.15) is 35.8 Å². The largest absolute Gasteiger partial charge is 0.496 e. The highest BCUT2D eigenvalue weighted by atomic mass is 19.4. The van der Waals surface area contributed by atoms with Crippen molar-refractivity contribution in [1.29, 1.82) is 0 Å². The van der Waals surface area contributed by atoms with Crippen molar-refractivity contribution in [2.75, 3.05) is 13.7 Å². The van der Waals surface area contributed by atoms with E-state index in [1.807, 2.05) is 0 Å². The first-order valence-electron chi connectivity index (χ1n) is 10.1. The molecule has 0 spiro atoms. The van der Waals surface area contributed by atoms with Crippen LogP contribution in [0.25, 0.3) is 5.69 Å². The number of ether oxygens (including phenoxy) is 1. The molecular formula is C21H22F4N6O. The van der Waals surface area contributed by atoms with Crippen molar-refractivity contribution in [3.8, 4) is 11.4 Å². The number of hydrogen-bond donors (Lipinski definition) is 2. The Morgan fingerprint density at radius 1 is 1.19 bits per heavy atom. The van der Waals surface area contributed by atoms with E-state index in [4.69, 9.17) is 4.74 Å². The van der Waals surface area contributed by atoms with Gasteiger partial charge >= 0.3 is 6.18 Å². The topological polar surface area (TPSA) is 76.9 Å². The summed E-state index contributed by atoms with van der Waals surface area (Å²) in [4.78, 5) is 0. The zero-order valence-electron chi connectivity index (χ0n) is 17.2. The average molecular weight is 450 g/mol. The maximum Gasteiger partial charge on any atom is 0.453 e. The van der Waals surface area contributed by atoms with E-state index in [-0.39, 0.29) is 23.6 Å². The van der Waals surface area contributed by atoms with Crippen LogP contribution in [-0.4, -0.2) is 39.9 Å². The van der Waals surface area contributed by atoms with Crippen LogP contribution in [-0.2, 0) is 12.7 Å². The summed E-state index contributed by atoms with van der Waals surface area (Å²) in [6, 6.07) is 11.0. The van der Waals surface area contributed by atoms with E-state index in [1.165, 1.54) is 25.3 Å². The Kier molecular flexibility index (Phi) is 6.38. The molecule has 170 valence electrons. The summed E-state index contributed by atoms with van der Waals surface area (Å²) in [6.45, 7) is 1.20. The van der Waals surface area contributed by atoms with Gasteiger partial charge in [-0.15, -0.1) is 5.10 Å². The SMILES string of the molecule is COc1ccc(-n2nnnc2C(F)(F)F)cc1CN[C@H]1CCCN[C@H]1c1ccc(F)cc1. The van der Waals surface area contributed by atoms with Gasteiger partial charge in [-0.2, -0.15) is 17.9 Å². The summed E-state index contributed by atoms with van der Waals surface area (Å²) in [5, 5.41) is 16.7. The lowest BCUT2D eigenvalue weighted by Crippen LogP contribution is -2.45. The van der Waals surface area contributed by atoms with Gasteiger partial charge in [-0.25, -0.2) is 4.39 Å². The number of alkyl halides is 3. The fourth-order valence-electron chi connectivity index (χ4n) is 3.94. The van der Waals surface area contributed by atoms with Crippen LogP contribution in [0.3, 0.4) is 0 Å². The normalized spacial score (nSPS) is 19.2. The Labute approximate surface area is 181 Å². The summed E-state index contributed by atoms with van der Waals surface area (Å²) in [5.74, 6) is -0.962. The number of tetrazole rings is 1. The minimum Gasteiger partial charge on any atom is -0.496 e. The van der Waals surface area contributed by atoms with E-state index in [1.54, 1.807) is 24.3 Å². The molecule has 11 heteroatoms. The van der Waals surface area contributed by atoms with Gasteiger partial charge < -0.3 is 15.4 Å². The zero-order chi connectivity index (χ0) is 22.7. The first-order valence-corrected chi connectivity index (χ1v) is 10.1. The Morgan fingerprint density at radius 2 is 1.97 bits per heavy atom. The zero-order valence-corrected chi connectivity index (χ0v) is 17.2. The maximum absolute atomic E-state index is 13.3. The van der Waals surface area contributed by atoms with Gasteiger partial charge in [-0.3, -0.25) is 0 Å². The second-order valence-electron chi connectivity index (χ2n) is 7.52. The third-order valence-electron chi connectivity index (χ3n) is 5.47. The van der Waals surface area contributed by atoms with Crippen molar-refractivity contribution in [1.82, 2.24) is 30.8 Å². The number of methoxy groups -OCH3 is 1. The Bertz CT molecular complexity index is 1050. The second kappa shape index (κ2) is 9.21. The smallest absolute Gasteiger partial charge is 0.453 e. The number of halogens is 4. The molecule has 0 amide bonds. The summed E-state index contributed by atoms with van der Waals surface area (Å²) in [5.41, 5.74) is 1.81. The van der Waals surface area contributed by atoms with E-state index in [9.17, 15) is 17.6 Å². The van der Waals surface area contributed by atoms with Crippen LogP contribution < -0.4 is 15.4 Å². The molecule has 3 aromatic rings. The number of aromatic nitrogens is 4. The molecule has 32 heavy (non-hydrogen) atoms. The van der Waals surface area contributed by atoms with Crippen molar-refractivity contribution in [2.45, 2.75) is 37.6 Å². The highest BCUT2D eigenvalue weighted by Gasteiger charge is 2.38. The molecule has 4 rings (SSSR count). The Morgan fingerprint density at radius 3 is 2.69 bits per heavy atom. The molecule has 0 unspecified atom stereocenters. The van der Waals surface area contributed by atoms with Gasteiger partial charge in [-0.05, 0) is 65.7 Å². The summed E-state index contributed by atoms with van der Waals surface area (Å²) >= 11 is 0. The predicted molar refractivity (Wildman–Crippen MR) is 108 cm³/mol. The molecule has 0 radical (unpaired) electrons. The van der Waals surface area contributed by atoms with Crippen molar-refractivity contribution in [3.63, 3.8) is 0 Å². The van der Waals surface area contributed by atoms with Crippen molar-refractivity contribution >= 4 is 0 Å². The molecule has 7 nitrogen and oxygen atoms in total. The second-order valence-corrected chi connectivity index (χ2v) is 7.52. The lowest BCUT2D eigenvalue weighted by Gasteiger charge is -2.34. The highest BCUT2D eigenvalue weighted by molar-refractivity contribution is 5.44. The van der Waals surface area contributed by atoms with Crippen LogP contribution in [0, 0.1) is 5.82 Å². The summed E-state index contributed by atoms with van der Waals surface area (Å²) < 4.78 is 59.0. The highest BCUT2D eigenvalue weighted by Crippen LogP contribution is 2.30. The molecule has 0 bridgehead atoms. The summed E-state index contributed by atoms with van der Waals surface area (Å²) in [7, 11) is 1.50. The van der Waals surface area contributed by atoms with Crippen molar-refractivity contribution < 1.29 is 22.3 Å². The third-order valence-corrected chi connectivity index (χ3v) is 5.47. The minimum atomic E-state index is -4.68. The maximum atomic E-state index is 13.3. The summed E-state index contributed by atoms with van der Waals surface area (Å²) in [6.07, 6.45) is -2.83. The fourth-order valence-corrected chi connectivity index (χ4v) is 3.94. The quantitative estimate of drug-likeness (QED) is 0.561. The molecule has 0 saturated carbocycles. The average Bonchev–Trinajstić information content (AvgIpc) is 3.29. The third kappa shape index (κ3) is 4.73. The van der Waals surface area contributed by atoms with Crippen molar-refractivity contribution in [2.24, 2.45) is 0 Å². The van der Waals surface area contributed by atoms with E-state index in [2.05, 4.69) is 26.2 Å². The van der Waals surface area contributed by atoms with Crippen LogP contribution in [0.5, 0.6) is 5.75 Å². The van der Waals surface area contributed by atoms with Crippen LogP contribution in [0.2, 0.25) is 0 Å². The molecule has 1 aliphatic heterocycles. The molecule has 0 aliphatic carbocycles. The molecule has 2 atom stereocenters. The van der Waals surface area contributed by atoms with Crippen molar-refractivity contribution in [3.05, 3.63) is 65.2 Å². The number of nitrogens with zero attached hydrogens (tertiary/aromatic N) is 4. The van der Waals surface area contributed by atoms with Gasteiger partial charge in [0.1, 0.15) is 11.6 Å². The van der Waals surface area contributed by atoms with Crippen LogP contribution in [0.15, 0.2) is 42.5 Å². The molecule has 2 aromatic carbocycles. The number of rotatable bonds is 6. The Balaban J connectivity index is 1.56. The van der Waals surface area contributed by atoms with Gasteiger partial charge in [0.25, 0.3) is 5.82 Å². The van der Waals surface area contributed by atoms with Crippen LogP contribution in [0.4, 0.5) is 17.6 Å². The number of piperidine rings is 1. The Hall–Kier alpha value is -3.05. The first kappa shape index (κ1) is 22.2. The van der Waals surface area contributed by atoms with Gasteiger partial charge in [0.05, 0.1) is 12.8 Å². The molecule has 1 aromatic heterocycles. The number of nitrogens with one attached hydrogen (secondary N) is 2. The molecule has 1 saturated heterocycles. The minimum absolute atomic E-state index is 0.0186. The molecular weight excluding hydrogens is 428 g/mol.